The zero-order valence-electron chi connectivity index (χ0n) is 12.7. The predicted molar refractivity (Wildman–Crippen MR) is 86.0 cm³/mol. The van der Waals surface area contributed by atoms with E-state index in [-0.39, 0.29) is 12.5 Å². The number of pyridine rings is 1. The van der Waals surface area contributed by atoms with Crippen LogP contribution in [0.15, 0.2) is 53.9 Å². The van der Waals surface area contributed by atoms with Crippen LogP contribution in [0.2, 0.25) is 0 Å². The number of nitrogens with one attached hydrogen (secondary N) is 1. The molecule has 0 saturated carbocycles. The van der Waals surface area contributed by atoms with Crippen molar-refractivity contribution in [2.75, 3.05) is 6.61 Å². The highest BCUT2D eigenvalue weighted by Crippen LogP contribution is 2.18. The maximum absolute atomic E-state index is 11.6. The molecule has 0 radical (unpaired) electrons. The van der Waals surface area contributed by atoms with Crippen LogP contribution in [0.5, 0.6) is 5.75 Å². The van der Waals surface area contributed by atoms with Gasteiger partial charge in [0.25, 0.3) is 5.91 Å². The lowest BCUT2D eigenvalue weighted by Crippen LogP contribution is -2.24. The number of hydrogen-bond donors (Lipinski definition) is 1. The first-order valence-electron chi connectivity index (χ1n) is 7.10. The lowest BCUT2D eigenvalue weighted by Gasteiger charge is -2.08. The molecule has 1 N–H and O–H groups in total. The van der Waals surface area contributed by atoms with Crippen molar-refractivity contribution in [1.82, 2.24) is 10.4 Å². The van der Waals surface area contributed by atoms with Crippen LogP contribution in [-0.2, 0) is 4.79 Å². The van der Waals surface area contributed by atoms with Crippen molar-refractivity contribution in [3.05, 3.63) is 59.9 Å². The molecule has 1 aromatic carbocycles. The van der Waals surface area contributed by atoms with Crippen LogP contribution in [0.3, 0.4) is 0 Å². The minimum Gasteiger partial charge on any atom is -0.484 e. The molecule has 5 nitrogen and oxygen atoms in total. The Morgan fingerprint density at radius 3 is 2.73 bits per heavy atom. The molecular weight excluding hydrogens is 278 g/mol. The van der Waals surface area contributed by atoms with Crippen LogP contribution in [0.25, 0.3) is 0 Å². The van der Waals surface area contributed by atoms with Gasteiger partial charge in [-0.15, -0.1) is 0 Å². The number of rotatable bonds is 6. The highest BCUT2D eigenvalue weighted by atomic mass is 16.5. The molecule has 0 unspecified atom stereocenters. The van der Waals surface area contributed by atoms with E-state index in [2.05, 4.69) is 29.4 Å². The molecule has 0 bridgehead atoms. The summed E-state index contributed by atoms with van der Waals surface area (Å²) in [4.78, 5) is 15.6. The topological polar surface area (TPSA) is 63.6 Å². The van der Waals surface area contributed by atoms with Gasteiger partial charge in [0, 0.05) is 18.0 Å². The van der Waals surface area contributed by atoms with E-state index in [0.29, 0.717) is 11.7 Å². The number of hydrazone groups is 1. The van der Waals surface area contributed by atoms with Crippen molar-refractivity contribution in [1.29, 1.82) is 0 Å². The zero-order valence-corrected chi connectivity index (χ0v) is 12.7. The Morgan fingerprint density at radius 1 is 1.32 bits per heavy atom. The molecule has 0 aliphatic rings. The van der Waals surface area contributed by atoms with E-state index in [1.165, 1.54) is 11.8 Å². The number of amides is 1. The molecule has 0 aliphatic carbocycles. The molecule has 0 spiro atoms. The van der Waals surface area contributed by atoms with Crippen molar-refractivity contribution in [2.24, 2.45) is 5.10 Å². The molecule has 0 atom stereocenters. The van der Waals surface area contributed by atoms with Gasteiger partial charge in [-0.25, -0.2) is 5.43 Å². The van der Waals surface area contributed by atoms with E-state index in [9.17, 15) is 4.79 Å². The van der Waals surface area contributed by atoms with Gasteiger partial charge in [0.15, 0.2) is 6.61 Å². The number of carbonyl (C=O) groups is 1. The number of carbonyl (C=O) groups excluding carboxylic acids is 1. The zero-order chi connectivity index (χ0) is 15.8. The summed E-state index contributed by atoms with van der Waals surface area (Å²) in [6.07, 6.45) is 4.86. The number of aromatic nitrogens is 1. The summed E-state index contributed by atoms with van der Waals surface area (Å²) in [6.45, 7) is 4.18. The highest BCUT2D eigenvalue weighted by molar-refractivity contribution is 5.82. The summed E-state index contributed by atoms with van der Waals surface area (Å²) in [5.41, 5.74) is 4.46. The third-order valence-electron chi connectivity index (χ3n) is 3.00. The van der Waals surface area contributed by atoms with Crippen LogP contribution < -0.4 is 10.2 Å². The molecule has 2 aromatic rings. The second kappa shape index (κ2) is 7.93. The Labute approximate surface area is 130 Å². The largest absolute Gasteiger partial charge is 0.484 e. The molecule has 22 heavy (non-hydrogen) atoms. The average Bonchev–Trinajstić information content (AvgIpc) is 2.54. The Kier molecular flexibility index (Phi) is 5.65. The standard InChI is InChI=1S/C17H19N3O2/c1-13(2)15-5-7-16(8-6-15)22-12-17(21)20-19-11-14-4-3-9-18-10-14/h3-11,13H,12H2,1-2H3,(H,20,21). The normalized spacial score (nSPS) is 10.9. The molecule has 114 valence electrons. The summed E-state index contributed by atoms with van der Waals surface area (Å²) < 4.78 is 5.41. The molecule has 5 heteroatoms. The van der Waals surface area contributed by atoms with Crippen molar-refractivity contribution in [3.63, 3.8) is 0 Å². The first kappa shape index (κ1) is 15.7. The SMILES string of the molecule is CC(C)c1ccc(OCC(=O)NN=Cc2cccnc2)cc1. The minimum atomic E-state index is -0.312. The van der Waals surface area contributed by atoms with Crippen LogP contribution in [0.4, 0.5) is 0 Å². The van der Waals surface area contributed by atoms with E-state index in [4.69, 9.17) is 4.74 Å². The number of ether oxygens (including phenoxy) is 1. The molecule has 1 aromatic heterocycles. The van der Waals surface area contributed by atoms with Crippen LogP contribution in [0, 0.1) is 0 Å². The van der Waals surface area contributed by atoms with Crippen molar-refractivity contribution >= 4 is 12.1 Å². The fourth-order valence-electron chi connectivity index (χ4n) is 1.76. The first-order chi connectivity index (χ1) is 10.6. The van der Waals surface area contributed by atoms with E-state index in [1.54, 1.807) is 18.5 Å². The van der Waals surface area contributed by atoms with Gasteiger partial charge in [-0.2, -0.15) is 5.10 Å². The lowest BCUT2D eigenvalue weighted by atomic mass is 10.0. The molecule has 0 saturated heterocycles. The van der Waals surface area contributed by atoms with Gasteiger partial charge < -0.3 is 4.74 Å². The lowest BCUT2D eigenvalue weighted by molar-refractivity contribution is -0.123. The summed E-state index contributed by atoms with van der Waals surface area (Å²) in [5, 5.41) is 3.85. The highest BCUT2D eigenvalue weighted by Gasteiger charge is 2.03. The second-order valence-electron chi connectivity index (χ2n) is 5.09. The van der Waals surface area contributed by atoms with Crippen LogP contribution >= 0.6 is 0 Å². The summed E-state index contributed by atoms with van der Waals surface area (Å²) >= 11 is 0. The molecule has 0 fully saturated rings. The Bertz CT molecular complexity index is 622. The van der Waals surface area contributed by atoms with Crippen molar-refractivity contribution in [3.8, 4) is 5.75 Å². The molecular formula is C17H19N3O2. The Morgan fingerprint density at radius 2 is 2.09 bits per heavy atom. The minimum absolute atomic E-state index is 0.0780. The molecule has 1 heterocycles. The molecule has 2 rings (SSSR count). The van der Waals surface area contributed by atoms with Gasteiger partial charge in [0.1, 0.15) is 5.75 Å². The van der Waals surface area contributed by atoms with E-state index >= 15 is 0 Å². The predicted octanol–water partition coefficient (Wildman–Crippen LogP) is 2.73. The Hall–Kier alpha value is -2.69. The van der Waals surface area contributed by atoms with E-state index in [1.807, 2.05) is 30.3 Å². The monoisotopic (exact) mass is 297 g/mol. The van der Waals surface area contributed by atoms with E-state index in [0.717, 1.165) is 5.56 Å². The third kappa shape index (κ3) is 5.01. The van der Waals surface area contributed by atoms with Gasteiger partial charge in [-0.1, -0.05) is 32.0 Å². The van der Waals surface area contributed by atoms with Gasteiger partial charge in [0.05, 0.1) is 6.21 Å². The van der Waals surface area contributed by atoms with E-state index < -0.39 is 0 Å². The smallest absolute Gasteiger partial charge is 0.277 e. The summed E-state index contributed by atoms with van der Waals surface area (Å²) in [7, 11) is 0. The molecule has 0 aliphatic heterocycles. The van der Waals surface area contributed by atoms with Gasteiger partial charge in [-0.05, 0) is 29.7 Å². The molecule has 1 amide bonds. The van der Waals surface area contributed by atoms with Gasteiger partial charge in [-0.3, -0.25) is 9.78 Å². The first-order valence-corrected chi connectivity index (χ1v) is 7.10. The van der Waals surface area contributed by atoms with Gasteiger partial charge >= 0.3 is 0 Å². The number of hydrogen-bond acceptors (Lipinski definition) is 4. The summed E-state index contributed by atoms with van der Waals surface area (Å²) in [6, 6.07) is 11.4. The fraction of sp³-hybridized carbons (Fsp3) is 0.235. The summed E-state index contributed by atoms with van der Waals surface area (Å²) in [5.74, 6) is 0.822. The van der Waals surface area contributed by atoms with Crippen molar-refractivity contribution < 1.29 is 9.53 Å². The second-order valence-corrected chi connectivity index (χ2v) is 5.09. The quantitative estimate of drug-likeness (QED) is 0.658. The number of nitrogens with zero attached hydrogens (tertiary/aromatic N) is 2. The maximum Gasteiger partial charge on any atom is 0.277 e. The fourth-order valence-corrected chi connectivity index (χ4v) is 1.76. The number of benzene rings is 1. The van der Waals surface area contributed by atoms with Gasteiger partial charge in [0.2, 0.25) is 0 Å². The van der Waals surface area contributed by atoms with Crippen molar-refractivity contribution in [2.45, 2.75) is 19.8 Å². The average molecular weight is 297 g/mol. The third-order valence-corrected chi connectivity index (χ3v) is 3.00. The van der Waals surface area contributed by atoms with Crippen LogP contribution in [0.1, 0.15) is 30.9 Å². The Balaban J connectivity index is 1.77. The van der Waals surface area contributed by atoms with Crippen LogP contribution in [-0.4, -0.2) is 23.7 Å². The maximum atomic E-state index is 11.6.